The molecule has 1 aromatic rings. The van der Waals surface area contributed by atoms with E-state index in [2.05, 4.69) is 16.0 Å². The summed E-state index contributed by atoms with van der Waals surface area (Å²) in [5.74, 6) is -2.22. The second-order valence-corrected chi connectivity index (χ2v) is 9.03. The fourth-order valence-corrected chi connectivity index (χ4v) is 4.09. The standard InChI is InChI=1S/C25H37N5O6/c1-5-10-18(27-23(34)19-13-17(31)15-30(19)6-2)22(33)24(35)26-14-20(32)28-21(25(36)29(3)4)16-11-8-7-9-12-16/h7-9,11-12,18-19,21-22,33H,5-6,10,13-15H2,1-4H3,(H,26,35)(H,27,34)(H,28,32)/t18?,19-,21-,22?/m0/s1. The first-order valence-electron chi connectivity index (χ1n) is 12.2. The Balaban J connectivity index is 1.97. The lowest BCUT2D eigenvalue weighted by atomic mass is 10.0. The van der Waals surface area contributed by atoms with Gasteiger partial charge >= 0.3 is 0 Å². The highest BCUT2D eigenvalue weighted by Gasteiger charge is 2.37. The third-order valence-corrected chi connectivity index (χ3v) is 6.08. The van der Waals surface area contributed by atoms with Crippen molar-refractivity contribution in [2.75, 3.05) is 33.7 Å². The average molecular weight is 504 g/mol. The highest BCUT2D eigenvalue weighted by molar-refractivity contribution is 5.94. The van der Waals surface area contributed by atoms with Gasteiger partial charge in [0, 0.05) is 20.5 Å². The van der Waals surface area contributed by atoms with Crippen molar-refractivity contribution in [3.63, 3.8) is 0 Å². The summed E-state index contributed by atoms with van der Waals surface area (Å²) in [7, 11) is 3.15. The molecule has 1 aromatic carbocycles. The monoisotopic (exact) mass is 503 g/mol. The number of amides is 4. The van der Waals surface area contributed by atoms with Gasteiger partial charge in [-0.05, 0) is 18.5 Å². The third kappa shape index (κ3) is 7.85. The molecule has 11 heteroatoms. The number of rotatable bonds is 12. The van der Waals surface area contributed by atoms with Crippen LogP contribution in [0.15, 0.2) is 30.3 Å². The number of likely N-dealkylation sites (tertiary alicyclic amines) is 1. The molecule has 0 radical (unpaired) electrons. The van der Waals surface area contributed by atoms with Crippen molar-refractivity contribution in [3.8, 4) is 0 Å². The maximum absolute atomic E-state index is 12.8. The van der Waals surface area contributed by atoms with Gasteiger partial charge in [-0.2, -0.15) is 0 Å². The van der Waals surface area contributed by atoms with Crippen LogP contribution < -0.4 is 16.0 Å². The van der Waals surface area contributed by atoms with Crippen LogP contribution in [-0.4, -0.2) is 96.2 Å². The normalized spacial score (nSPS) is 18.1. The van der Waals surface area contributed by atoms with Gasteiger partial charge in [-0.1, -0.05) is 50.6 Å². The summed E-state index contributed by atoms with van der Waals surface area (Å²) < 4.78 is 0. The fourth-order valence-electron chi connectivity index (χ4n) is 4.09. The molecular weight excluding hydrogens is 466 g/mol. The molecule has 0 bridgehead atoms. The summed E-state index contributed by atoms with van der Waals surface area (Å²) in [6.45, 7) is 3.96. The van der Waals surface area contributed by atoms with Crippen molar-refractivity contribution in [3.05, 3.63) is 35.9 Å². The van der Waals surface area contributed by atoms with Crippen molar-refractivity contribution in [1.29, 1.82) is 0 Å². The first kappa shape index (κ1) is 28.9. The number of carbonyl (C=O) groups is 5. The molecule has 0 aromatic heterocycles. The average Bonchev–Trinajstić information content (AvgIpc) is 3.25. The Labute approximate surface area is 211 Å². The predicted molar refractivity (Wildman–Crippen MR) is 133 cm³/mol. The number of hydrogen-bond donors (Lipinski definition) is 4. The van der Waals surface area contributed by atoms with E-state index in [9.17, 15) is 29.1 Å². The molecule has 2 unspecified atom stereocenters. The minimum Gasteiger partial charge on any atom is -0.381 e. The minimum atomic E-state index is -1.60. The Morgan fingerprint density at radius 1 is 1.11 bits per heavy atom. The van der Waals surface area contributed by atoms with Crippen molar-refractivity contribution >= 4 is 29.4 Å². The maximum Gasteiger partial charge on any atom is 0.251 e. The van der Waals surface area contributed by atoms with Gasteiger partial charge in [0.1, 0.15) is 11.8 Å². The van der Waals surface area contributed by atoms with Crippen LogP contribution in [0.5, 0.6) is 0 Å². The Kier molecular flexibility index (Phi) is 11.0. The zero-order valence-electron chi connectivity index (χ0n) is 21.3. The molecule has 36 heavy (non-hydrogen) atoms. The maximum atomic E-state index is 12.8. The lowest BCUT2D eigenvalue weighted by molar-refractivity contribution is -0.136. The van der Waals surface area contributed by atoms with Crippen LogP contribution in [0.2, 0.25) is 0 Å². The number of aliphatic hydroxyl groups is 1. The zero-order valence-corrected chi connectivity index (χ0v) is 21.3. The van der Waals surface area contributed by atoms with Crippen molar-refractivity contribution in [2.24, 2.45) is 0 Å². The molecule has 4 N–H and O–H groups in total. The molecule has 1 aliphatic rings. The summed E-state index contributed by atoms with van der Waals surface area (Å²) >= 11 is 0. The number of Topliss-reactive ketones (excluding diaryl/α,β-unsaturated/α-hetero) is 1. The lowest BCUT2D eigenvalue weighted by Gasteiger charge is -2.27. The highest BCUT2D eigenvalue weighted by atomic mass is 16.3. The molecule has 4 atom stereocenters. The Hall–Kier alpha value is -3.31. The quantitative estimate of drug-likeness (QED) is 0.296. The molecule has 1 saturated heterocycles. The molecule has 198 valence electrons. The molecule has 2 rings (SSSR count). The summed E-state index contributed by atoms with van der Waals surface area (Å²) in [4.78, 5) is 65.4. The molecule has 1 fully saturated rings. The number of carbonyl (C=O) groups excluding carboxylic acids is 5. The fraction of sp³-hybridized carbons (Fsp3) is 0.560. The van der Waals surface area contributed by atoms with E-state index < -0.39 is 48.5 Å². The second-order valence-electron chi connectivity index (χ2n) is 9.03. The van der Waals surface area contributed by atoms with Gasteiger partial charge in [0.15, 0.2) is 6.10 Å². The first-order valence-corrected chi connectivity index (χ1v) is 12.2. The van der Waals surface area contributed by atoms with Crippen LogP contribution in [0.3, 0.4) is 0 Å². The number of ketones is 1. The van der Waals surface area contributed by atoms with Crippen LogP contribution in [0, 0.1) is 0 Å². The molecule has 11 nitrogen and oxygen atoms in total. The topological polar surface area (TPSA) is 148 Å². The second kappa shape index (κ2) is 13.7. The van der Waals surface area contributed by atoms with E-state index in [1.54, 1.807) is 49.3 Å². The van der Waals surface area contributed by atoms with E-state index in [0.29, 0.717) is 24.9 Å². The van der Waals surface area contributed by atoms with Gasteiger partial charge < -0.3 is 26.0 Å². The van der Waals surface area contributed by atoms with Crippen LogP contribution in [0.25, 0.3) is 0 Å². The van der Waals surface area contributed by atoms with E-state index >= 15 is 0 Å². The smallest absolute Gasteiger partial charge is 0.251 e. The van der Waals surface area contributed by atoms with Gasteiger partial charge in [-0.3, -0.25) is 28.9 Å². The van der Waals surface area contributed by atoms with Gasteiger partial charge in [0.25, 0.3) is 5.91 Å². The Bertz CT molecular complexity index is 938. The van der Waals surface area contributed by atoms with Crippen LogP contribution >= 0.6 is 0 Å². The number of nitrogens with zero attached hydrogens (tertiary/aromatic N) is 2. The lowest BCUT2D eigenvalue weighted by Crippen LogP contribution is -2.55. The van der Waals surface area contributed by atoms with Crippen molar-refractivity contribution < 1.29 is 29.1 Å². The van der Waals surface area contributed by atoms with Gasteiger partial charge in [-0.25, -0.2) is 0 Å². The number of benzene rings is 1. The largest absolute Gasteiger partial charge is 0.381 e. The SMILES string of the molecule is CCCC(NC(=O)[C@@H]1CC(=O)CN1CC)C(O)C(=O)NCC(=O)N[C@H](C(=O)N(C)C)c1ccccc1. The van der Waals surface area contributed by atoms with Crippen molar-refractivity contribution in [1.82, 2.24) is 25.8 Å². The van der Waals surface area contributed by atoms with Gasteiger partial charge in [-0.15, -0.1) is 0 Å². The molecule has 0 aliphatic carbocycles. The molecule has 4 amide bonds. The van der Waals surface area contributed by atoms with E-state index in [4.69, 9.17) is 0 Å². The van der Waals surface area contributed by atoms with Crippen LogP contribution in [0.4, 0.5) is 0 Å². The van der Waals surface area contributed by atoms with Gasteiger partial charge in [0.2, 0.25) is 17.7 Å². The minimum absolute atomic E-state index is 0.0325. The van der Waals surface area contributed by atoms with Crippen LogP contribution in [0.1, 0.15) is 44.7 Å². The Morgan fingerprint density at radius 2 is 1.78 bits per heavy atom. The molecule has 0 spiro atoms. The number of aliphatic hydroxyl groups excluding tert-OH is 1. The number of nitrogens with one attached hydrogen (secondary N) is 3. The van der Waals surface area contributed by atoms with Gasteiger partial charge in [0.05, 0.1) is 25.2 Å². The van der Waals surface area contributed by atoms with E-state index in [1.165, 1.54) is 4.90 Å². The van der Waals surface area contributed by atoms with Crippen molar-refractivity contribution in [2.45, 2.75) is 57.3 Å². The van der Waals surface area contributed by atoms with E-state index in [1.807, 2.05) is 13.8 Å². The Morgan fingerprint density at radius 3 is 2.36 bits per heavy atom. The van der Waals surface area contributed by atoms with E-state index in [-0.39, 0.29) is 24.7 Å². The third-order valence-electron chi connectivity index (χ3n) is 6.08. The van der Waals surface area contributed by atoms with E-state index in [0.717, 1.165) is 0 Å². The summed E-state index contributed by atoms with van der Waals surface area (Å²) in [5, 5.41) is 18.3. The summed E-state index contributed by atoms with van der Waals surface area (Å²) in [5.41, 5.74) is 0.591. The molecule has 1 heterocycles. The number of hydrogen-bond acceptors (Lipinski definition) is 7. The molecular formula is C25H37N5O6. The zero-order chi connectivity index (χ0) is 26.8. The number of likely N-dealkylation sites (N-methyl/N-ethyl adjacent to an activating group) is 2. The summed E-state index contributed by atoms with van der Waals surface area (Å²) in [6, 6.07) is 6.27. The van der Waals surface area contributed by atoms with Crippen LogP contribution in [-0.2, 0) is 24.0 Å². The predicted octanol–water partition coefficient (Wildman–Crippen LogP) is -0.643. The molecule has 1 aliphatic heterocycles. The first-order chi connectivity index (χ1) is 17.1. The molecule has 0 saturated carbocycles. The highest BCUT2D eigenvalue weighted by Crippen LogP contribution is 2.16. The summed E-state index contributed by atoms with van der Waals surface area (Å²) in [6.07, 6.45) is -0.591.